The summed E-state index contributed by atoms with van der Waals surface area (Å²) in [5, 5.41) is 3.00. The molecule has 0 saturated carbocycles. The van der Waals surface area contributed by atoms with Crippen LogP contribution in [0.3, 0.4) is 0 Å². The van der Waals surface area contributed by atoms with Crippen LogP contribution in [0.25, 0.3) is 0 Å². The minimum Gasteiger partial charge on any atom is -0.444 e. The first-order chi connectivity index (χ1) is 9.83. The van der Waals surface area contributed by atoms with Crippen LogP contribution < -0.4 is 5.32 Å². The van der Waals surface area contributed by atoms with Crippen LogP contribution in [0, 0.1) is 5.92 Å². The average Bonchev–Trinajstić information content (AvgIpc) is 2.68. The van der Waals surface area contributed by atoms with E-state index < -0.39 is 5.60 Å². The van der Waals surface area contributed by atoms with Crippen LogP contribution >= 0.6 is 0 Å². The van der Waals surface area contributed by atoms with Crippen LogP contribution in [-0.4, -0.2) is 35.7 Å². The van der Waals surface area contributed by atoms with Gasteiger partial charge in [0.25, 0.3) is 0 Å². The van der Waals surface area contributed by atoms with Gasteiger partial charge in [-0.05, 0) is 32.3 Å². The predicted molar refractivity (Wildman–Crippen MR) is 84.0 cm³/mol. The highest BCUT2D eigenvalue weighted by Gasteiger charge is 2.31. The highest BCUT2D eigenvalue weighted by Crippen LogP contribution is 2.19. The van der Waals surface area contributed by atoms with E-state index in [0.717, 1.165) is 19.6 Å². The Morgan fingerprint density at radius 3 is 2.57 bits per heavy atom. The molecule has 4 nitrogen and oxygen atoms in total. The molecule has 0 aromatic heterocycles. The van der Waals surface area contributed by atoms with E-state index in [4.69, 9.17) is 4.74 Å². The molecule has 1 aromatic rings. The van der Waals surface area contributed by atoms with Crippen molar-refractivity contribution in [2.24, 2.45) is 5.92 Å². The molecule has 2 rings (SSSR count). The van der Waals surface area contributed by atoms with Crippen molar-refractivity contribution in [3.8, 4) is 0 Å². The molecular weight excluding hydrogens is 264 g/mol. The Kier molecular flexibility index (Phi) is 4.88. The number of amides is 1. The summed E-state index contributed by atoms with van der Waals surface area (Å²) in [6, 6.07) is 10.6. The van der Waals surface area contributed by atoms with Gasteiger partial charge >= 0.3 is 6.09 Å². The number of nitrogens with zero attached hydrogens (tertiary/aromatic N) is 1. The van der Waals surface area contributed by atoms with E-state index in [2.05, 4.69) is 41.4 Å². The van der Waals surface area contributed by atoms with Gasteiger partial charge in [-0.1, -0.05) is 37.3 Å². The lowest BCUT2D eigenvalue weighted by Crippen LogP contribution is -2.42. The smallest absolute Gasteiger partial charge is 0.407 e. The number of nitrogens with one attached hydrogen (secondary N) is 1. The van der Waals surface area contributed by atoms with Crippen molar-refractivity contribution in [3.63, 3.8) is 0 Å². The van der Waals surface area contributed by atoms with E-state index in [0.29, 0.717) is 5.92 Å². The number of benzene rings is 1. The van der Waals surface area contributed by atoms with Gasteiger partial charge in [0.15, 0.2) is 0 Å². The monoisotopic (exact) mass is 290 g/mol. The van der Waals surface area contributed by atoms with Gasteiger partial charge in [0.2, 0.25) is 0 Å². The lowest BCUT2D eigenvalue weighted by Gasteiger charge is -2.23. The zero-order valence-corrected chi connectivity index (χ0v) is 13.4. The highest BCUT2D eigenvalue weighted by atomic mass is 16.6. The zero-order valence-electron chi connectivity index (χ0n) is 13.4. The van der Waals surface area contributed by atoms with E-state index in [1.54, 1.807) is 0 Å². The average molecular weight is 290 g/mol. The summed E-state index contributed by atoms with van der Waals surface area (Å²) in [6.45, 7) is 10.6. The molecule has 4 heteroatoms. The maximum Gasteiger partial charge on any atom is 0.407 e. The molecule has 1 aliphatic heterocycles. The van der Waals surface area contributed by atoms with Crippen molar-refractivity contribution in [1.82, 2.24) is 10.2 Å². The van der Waals surface area contributed by atoms with E-state index in [1.165, 1.54) is 5.56 Å². The molecule has 0 bridgehead atoms. The first kappa shape index (κ1) is 15.8. The zero-order chi connectivity index (χ0) is 15.5. The highest BCUT2D eigenvalue weighted by molar-refractivity contribution is 5.68. The molecule has 1 heterocycles. The van der Waals surface area contributed by atoms with Gasteiger partial charge < -0.3 is 10.1 Å². The predicted octanol–water partition coefficient (Wildman–Crippen LogP) is 3.03. The van der Waals surface area contributed by atoms with Crippen molar-refractivity contribution >= 4 is 6.09 Å². The Morgan fingerprint density at radius 1 is 1.29 bits per heavy atom. The third kappa shape index (κ3) is 5.05. The number of alkyl carbamates (subject to hydrolysis) is 1. The molecule has 0 unspecified atom stereocenters. The molecule has 1 aliphatic rings. The van der Waals surface area contributed by atoms with Gasteiger partial charge in [-0.3, -0.25) is 4.90 Å². The number of hydrogen-bond donors (Lipinski definition) is 1. The Morgan fingerprint density at radius 2 is 1.95 bits per heavy atom. The Bertz CT molecular complexity index is 467. The standard InChI is InChI=1S/C17H26N2O2/c1-13-10-19(11-14-8-6-5-7-9-14)12-15(13)18-16(20)21-17(2,3)4/h5-9,13,15H,10-12H2,1-4H3,(H,18,20)/t13-,15+/m1/s1. The molecule has 1 saturated heterocycles. The van der Waals surface area contributed by atoms with Crippen LogP contribution in [0.2, 0.25) is 0 Å². The summed E-state index contributed by atoms with van der Waals surface area (Å²) in [5.74, 6) is 0.432. The quantitative estimate of drug-likeness (QED) is 0.930. The molecule has 1 fully saturated rings. The maximum absolute atomic E-state index is 11.9. The number of ether oxygens (including phenoxy) is 1. The molecule has 1 N–H and O–H groups in total. The summed E-state index contributed by atoms with van der Waals surface area (Å²) in [5.41, 5.74) is 0.859. The number of hydrogen-bond acceptors (Lipinski definition) is 3. The minimum atomic E-state index is -0.449. The fourth-order valence-corrected chi connectivity index (χ4v) is 2.68. The van der Waals surface area contributed by atoms with Crippen molar-refractivity contribution in [2.45, 2.75) is 45.9 Å². The van der Waals surface area contributed by atoms with Gasteiger partial charge in [-0.25, -0.2) is 4.79 Å². The van der Waals surface area contributed by atoms with Gasteiger partial charge in [0.05, 0.1) is 0 Å². The summed E-state index contributed by atoms with van der Waals surface area (Å²) in [7, 11) is 0. The fourth-order valence-electron chi connectivity index (χ4n) is 2.68. The van der Waals surface area contributed by atoms with E-state index in [-0.39, 0.29) is 12.1 Å². The summed E-state index contributed by atoms with van der Waals surface area (Å²) in [4.78, 5) is 14.3. The molecule has 0 aliphatic carbocycles. The van der Waals surface area contributed by atoms with Crippen molar-refractivity contribution in [1.29, 1.82) is 0 Å². The second kappa shape index (κ2) is 6.48. The third-order valence-corrected chi connectivity index (χ3v) is 3.64. The Labute approximate surface area is 127 Å². The van der Waals surface area contributed by atoms with Crippen LogP contribution in [0.15, 0.2) is 30.3 Å². The second-order valence-corrected chi connectivity index (χ2v) is 6.91. The van der Waals surface area contributed by atoms with E-state index in [1.807, 2.05) is 26.8 Å². The first-order valence-corrected chi connectivity index (χ1v) is 7.59. The van der Waals surface area contributed by atoms with E-state index >= 15 is 0 Å². The lowest BCUT2D eigenvalue weighted by molar-refractivity contribution is 0.0497. The summed E-state index contributed by atoms with van der Waals surface area (Å²) >= 11 is 0. The molecule has 116 valence electrons. The third-order valence-electron chi connectivity index (χ3n) is 3.64. The molecule has 1 aromatic carbocycles. The number of carbonyl (C=O) groups is 1. The summed E-state index contributed by atoms with van der Waals surface area (Å²) < 4.78 is 5.33. The van der Waals surface area contributed by atoms with Crippen LogP contribution in [0.1, 0.15) is 33.3 Å². The van der Waals surface area contributed by atoms with Crippen molar-refractivity contribution in [2.75, 3.05) is 13.1 Å². The van der Waals surface area contributed by atoms with Gasteiger partial charge in [-0.2, -0.15) is 0 Å². The van der Waals surface area contributed by atoms with Crippen LogP contribution in [0.4, 0.5) is 4.79 Å². The molecule has 0 spiro atoms. The van der Waals surface area contributed by atoms with Crippen LogP contribution in [0.5, 0.6) is 0 Å². The van der Waals surface area contributed by atoms with E-state index in [9.17, 15) is 4.79 Å². The maximum atomic E-state index is 11.9. The molecule has 2 atom stereocenters. The van der Waals surface area contributed by atoms with Crippen molar-refractivity contribution in [3.05, 3.63) is 35.9 Å². The first-order valence-electron chi connectivity index (χ1n) is 7.59. The molecule has 21 heavy (non-hydrogen) atoms. The van der Waals surface area contributed by atoms with Crippen LogP contribution in [-0.2, 0) is 11.3 Å². The van der Waals surface area contributed by atoms with Gasteiger partial charge in [0, 0.05) is 25.7 Å². The minimum absolute atomic E-state index is 0.156. The summed E-state index contributed by atoms with van der Waals surface area (Å²) in [6.07, 6.45) is -0.319. The van der Waals surface area contributed by atoms with Crippen molar-refractivity contribution < 1.29 is 9.53 Å². The van der Waals surface area contributed by atoms with Gasteiger partial charge in [0.1, 0.15) is 5.60 Å². The topological polar surface area (TPSA) is 41.6 Å². The molecule has 1 amide bonds. The largest absolute Gasteiger partial charge is 0.444 e. The van der Waals surface area contributed by atoms with Gasteiger partial charge in [-0.15, -0.1) is 0 Å². The number of carbonyl (C=O) groups excluding carboxylic acids is 1. The Balaban J connectivity index is 1.85. The number of rotatable bonds is 3. The normalized spacial score (nSPS) is 23.0. The fraction of sp³-hybridized carbons (Fsp3) is 0.588. The number of likely N-dealkylation sites (tertiary alicyclic amines) is 1. The molecular formula is C17H26N2O2. The second-order valence-electron chi connectivity index (χ2n) is 6.91. The SMILES string of the molecule is C[C@@H]1CN(Cc2ccccc2)C[C@@H]1NC(=O)OC(C)(C)C. The lowest BCUT2D eigenvalue weighted by atomic mass is 10.1. The Hall–Kier alpha value is -1.55. The molecule has 0 radical (unpaired) electrons.